The third kappa shape index (κ3) is 10.1. The number of urea groups is 1. The van der Waals surface area contributed by atoms with Crippen molar-refractivity contribution in [1.82, 2.24) is 9.80 Å². The van der Waals surface area contributed by atoms with Gasteiger partial charge in [-0.1, -0.05) is 6.92 Å². The minimum atomic E-state index is -4.48. The van der Waals surface area contributed by atoms with Crippen LogP contribution >= 0.6 is 0 Å². The molecule has 0 fully saturated rings. The van der Waals surface area contributed by atoms with Crippen molar-refractivity contribution in [2.75, 3.05) is 51.0 Å². The van der Waals surface area contributed by atoms with Crippen molar-refractivity contribution in [2.24, 2.45) is 5.92 Å². The zero-order valence-corrected chi connectivity index (χ0v) is 25.4. The van der Waals surface area contributed by atoms with Gasteiger partial charge in [-0.2, -0.15) is 13.2 Å². The zero-order valence-electron chi connectivity index (χ0n) is 25.4. The third-order valence-electron chi connectivity index (χ3n) is 7.32. The predicted molar refractivity (Wildman–Crippen MR) is 160 cm³/mol. The van der Waals surface area contributed by atoms with Crippen LogP contribution in [0.4, 0.5) is 29.3 Å². The van der Waals surface area contributed by atoms with Crippen LogP contribution < -0.4 is 15.4 Å². The predicted octanol–water partition coefficient (Wildman–Crippen LogP) is 5.71. The van der Waals surface area contributed by atoms with Crippen molar-refractivity contribution in [3.63, 3.8) is 0 Å². The van der Waals surface area contributed by atoms with E-state index in [0.717, 1.165) is 43.5 Å². The highest BCUT2D eigenvalue weighted by atomic mass is 19.4. The van der Waals surface area contributed by atoms with E-state index < -0.39 is 23.8 Å². The van der Waals surface area contributed by atoms with Crippen LogP contribution in [-0.2, 0) is 10.9 Å². The fourth-order valence-electron chi connectivity index (χ4n) is 4.86. The second-order valence-corrected chi connectivity index (χ2v) is 11.4. The average molecular weight is 609 g/mol. The number of aliphatic hydroxyl groups excluding tert-OH is 1. The summed E-state index contributed by atoms with van der Waals surface area (Å²) in [4.78, 5) is 30.4. The Kier molecular flexibility index (Phi) is 12.2. The van der Waals surface area contributed by atoms with E-state index in [2.05, 4.69) is 10.6 Å². The van der Waals surface area contributed by atoms with E-state index >= 15 is 0 Å². The van der Waals surface area contributed by atoms with E-state index in [4.69, 9.17) is 9.47 Å². The molecule has 0 spiro atoms. The minimum Gasteiger partial charge on any atom is -0.490 e. The highest BCUT2D eigenvalue weighted by Gasteiger charge is 2.31. The Bertz CT molecular complexity index is 1210. The summed E-state index contributed by atoms with van der Waals surface area (Å²) in [5.41, 5.74) is -0.155. The molecule has 1 heterocycles. The van der Waals surface area contributed by atoms with Crippen molar-refractivity contribution in [2.45, 2.75) is 64.5 Å². The van der Waals surface area contributed by atoms with E-state index in [1.54, 1.807) is 24.0 Å². The van der Waals surface area contributed by atoms with Crippen LogP contribution in [0.2, 0.25) is 0 Å². The highest BCUT2D eigenvalue weighted by Crippen LogP contribution is 2.31. The van der Waals surface area contributed by atoms with Gasteiger partial charge in [-0.05, 0) is 89.7 Å². The van der Waals surface area contributed by atoms with Gasteiger partial charge in [0.15, 0.2) is 0 Å². The largest absolute Gasteiger partial charge is 0.490 e. The SMILES string of the molecule is C[C@@H]1CCCCO[C@H](CN(C)C)[C@H](C)CN([C@@H](C)CO)C(=O)c2cc(NC(=O)Nc3ccc(C(F)(F)F)cc3)ccc2O1. The number of likely N-dealkylation sites (N-methyl/N-ethyl adjacent to an activating group) is 1. The number of aliphatic hydroxyl groups is 1. The van der Waals surface area contributed by atoms with Crippen molar-refractivity contribution in [3.8, 4) is 5.75 Å². The molecule has 12 heteroatoms. The van der Waals surface area contributed by atoms with Crippen LogP contribution in [0, 0.1) is 5.92 Å². The molecule has 0 saturated carbocycles. The number of hydrogen-bond acceptors (Lipinski definition) is 6. The maximum Gasteiger partial charge on any atom is 0.416 e. The normalized spacial score (nSPS) is 21.4. The van der Waals surface area contributed by atoms with Gasteiger partial charge in [0.25, 0.3) is 5.91 Å². The Labute approximate surface area is 251 Å². The summed E-state index contributed by atoms with van der Waals surface area (Å²) in [6, 6.07) is 7.60. The van der Waals surface area contributed by atoms with Crippen LogP contribution in [0.5, 0.6) is 5.75 Å². The van der Waals surface area contributed by atoms with E-state index in [-0.39, 0.29) is 47.6 Å². The fourth-order valence-corrected chi connectivity index (χ4v) is 4.86. The number of carbonyl (C=O) groups is 2. The van der Waals surface area contributed by atoms with Gasteiger partial charge in [0.1, 0.15) is 5.75 Å². The molecule has 2 aromatic rings. The molecular formula is C31H43F3N4O5. The topological polar surface area (TPSA) is 103 Å². The maximum atomic E-state index is 14.1. The molecular weight excluding hydrogens is 565 g/mol. The lowest BCUT2D eigenvalue weighted by Gasteiger charge is -2.35. The molecule has 2 aromatic carbocycles. The van der Waals surface area contributed by atoms with E-state index in [9.17, 15) is 27.9 Å². The number of ether oxygens (including phenoxy) is 2. The number of carbonyl (C=O) groups excluding carboxylic acids is 2. The lowest BCUT2D eigenvalue weighted by atomic mass is 10.0. The summed E-state index contributed by atoms with van der Waals surface area (Å²) >= 11 is 0. The third-order valence-corrected chi connectivity index (χ3v) is 7.32. The van der Waals surface area contributed by atoms with Crippen LogP contribution in [-0.4, -0.2) is 85.5 Å². The van der Waals surface area contributed by atoms with Crippen molar-refractivity contribution < 1.29 is 37.3 Å². The molecule has 0 bridgehead atoms. The molecule has 3 rings (SSSR count). The number of halogens is 3. The Morgan fingerprint density at radius 3 is 2.37 bits per heavy atom. The maximum absolute atomic E-state index is 14.1. The molecule has 0 aromatic heterocycles. The van der Waals surface area contributed by atoms with Gasteiger partial charge < -0.3 is 35.0 Å². The lowest BCUT2D eigenvalue weighted by molar-refractivity contribution is -0.137. The molecule has 0 unspecified atom stereocenters. The van der Waals surface area contributed by atoms with Crippen LogP contribution in [0.3, 0.4) is 0 Å². The molecule has 4 atom stereocenters. The number of fused-ring (bicyclic) bond motifs is 1. The van der Waals surface area contributed by atoms with Gasteiger partial charge in [-0.3, -0.25) is 4.79 Å². The number of anilines is 2. The van der Waals surface area contributed by atoms with E-state index in [1.165, 1.54) is 6.07 Å². The van der Waals surface area contributed by atoms with Crippen LogP contribution in [0.15, 0.2) is 42.5 Å². The summed E-state index contributed by atoms with van der Waals surface area (Å²) in [6.07, 6.45) is -2.32. The van der Waals surface area contributed by atoms with Crippen LogP contribution in [0.25, 0.3) is 0 Å². The van der Waals surface area contributed by atoms with Gasteiger partial charge in [0.2, 0.25) is 0 Å². The highest BCUT2D eigenvalue weighted by molar-refractivity contribution is 6.02. The first-order valence-corrected chi connectivity index (χ1v) is 14.5. The average Bonchev–Trinajstić information content (AvgIpc) is 2.94. The summed E-state index contributed by atoms with van der Waals surface area (Å²) in [6.45, 7) is 7.05. The number of amides is 3. The van der Waals surface area contributed by atoms with E-state index in [1.807, 2.05) is 32.8 Å². The lowest BCUT2D eigenvalue weighted by Crippen LogP contribution is -2.47. The quantitative estimate of drug-likeness (QED) is 0.389. The number of hydrogen-bond donors (Lipinski definition) is 3. The van der Waals surface area contributed by atoms with Gasteiger partial charge in [0, 0.05) is 37.0 Å². The second-order valence-electron chi connectivity index (χ2n) is 11.4. The Balaban J connectivity index is 1.90. The first-order chi connectivity index (χ1) is 20.3. The molecule has 43 heavy (non-hydrogen) atoms. The van der Waals surface area contributed by atoms with Crippen molar-refractivity contribution in [3.05, 3.63) is 53.6 Å². The Morgan fingerprint density at radius 1 is 1.09 bits per heavy atom. The first kappa shape index (κ1) is 34.1. The zero-order chi connectivity index (χ0) is 31.7. The second kappa shape index (κ2) is 15.4. The number of alkyl halides is 3. The fraction of sp³-hybridized carbons (Fsp3) is 0.548. The number of nitrogens with one attached hydrogen (secondary N) is 2. The molecule has 1 aliphatic rings. The summed E-state index contributed by atoms with van der Waals surface area (Å²) in [7, 11) is 3.94. The summed E-state index contributed by atoms with van der Waals surface area (Å²) in [5.74, 6) is -0.0717. The molecule has 0 radical (unpaired) electrons. The molecule has 1 aliphatic heterocycles. The molecule has 0 saturated heterocycles. The van der Waals surface area contributed by atoms with E-state index in [0.29, 0.717) is 25.4 Å². The smallest absolute Gasteiger partial charge is 0.416 e. The van der Waals surface area contributed by atoms with Gasteiger partial charge in [-0.15, -0.1) is 0 Å². The first-order valence-electron chi connectivity index (χ1n) is 14.5. The van der Waals surface area contributed by atoms with Gasteiger partial charge in [0.05, 0.1) is 36.0 Å². The molecule has 9 nitrogen and oxygen atoms in total. The summed E-state index contributed by atoms with van der Waals surface area (Å²) < 4.78 is 51.1. The van der Waals surface area contributed by atoms with Gasteiger partial charge >= 0.3 is 12.2 Å². The van der Waals surface area contributed by atoms with Crippen LogP contribution in [0.1, 0.15) is 56.0 Å². The summed E-state index contributed by atoms with van der Waals surface area (Å²) in [5, 5.41) is 15.2. The number of benzene rings is 2. The molecule has 238 valence electrons. The standard InChI is InChI=1S/C31H43F3N4O5/c1-20-17-38(21(2)19-39)29(40)26-16-25(36-30(41)35-24-11-9-23(10-12-24)31(32,33)34)13-14-27(26)43-22(3)8-6-7-15-42-28(20)18-37(4)5/h9-14,16,20-22,28,39H,6-8,15,17-19H2,1-5H3,(H2,35,36,41)/t20-,21+,22-,28-/m1/s1. The number of nitrogens with zero attached hydrogens (tertiary/aromatic N) is 2. The molecule has 3 amide bonds. The molecule has 3 N–H and O–H groups in total. The Hall–Kier alpha value is -3.35. The molecule has 0 aliphatic carbocycles. The minimum absolute atomic E-state index is 0.0533. The van der Waals surface area contributed by atoms with Gasteiger partial charge in [-0.25, -0.2) is 4.79 Å². The number of rotatable bonds is 6. The monoisotopic (exact) mass is 608 g/mol. The van der Waals surface area contributed by atoms with Crippen molar-refractivity contribution >= 4 is 23.3 Å². The van der Waals surface area contributed by atoms with Crippen molar-refractivity contribution in [1.29, 1.82) is 0 Å². The Morgan fingerprint density at radius 2 is 1.74 bits per heavy atom.